The van der Waals surface area contributed by atoms with Gasteiger partial charge in [0.2, 0.25) is 10.0 Å². The molecule has 4 rings (SSSR count). The molecule has 0 bridgehead atoms. The van der Waals surface area contributed by atoms with Gasteiger partial charge in [0.25, 0.3) is 5.56 Å². The van der Waals surface area contributed by atoms with E-state index >= 15 is 0 Å². The van der Waals surface area contributed by atoms with Gasteiger partial charge in [-0.2, -0.15) is 0 Å². The van der Waals surface area contributed by atoms with Gasteiger partial charge < -0.3 is 4.98 Å². The number of aromatic nitrogens is 3. The molecule has 28 heavy (non-hydrogen) atoms. The second-order valence-corrected chi connectivity index (χ2v) is 8.34. The molecule has 0 aliphatic heterocycles. The Hall–Kier alpha value is -2.42. The highest BCUT2D eigenvalue weighted by molar-refractivity contribution is 7.89. The van der Waals surface area contributed by atoms with E-state index < -0.39 is 10.0 Å². The van der Waals surface area contributed by atoms with Gasteiger partial charge in [-0.15, -0.1) is 12.4 Å². The van der Waals surface area contributed by atoms with Crippen LogP contribution in [0.4, 0.5) is 0 Å². The minimum absolute atomic E-state index is 0. The van der Waals surface area contributed by atoms with Crippen molar-refractivity contribution in [3.63, 3.8) is 0 Å². The molecule has 0 saturated carbocycles. The number of benzene rings is 1. The lowest BCUT2D eigenvalue weighted by atomic mass is 10.1. The number of pyridine rings is 1. The Morgan fingerprint density at radius 2 is 1.86 bits per heavy atom. The number of halogens is 1. The van der Waals surface area contributed by atoms with Crippen molar-refractivity contribution >= 4 is 39.2 Å². The van der Waals surface area contributed by atoms with Crippen molar-refractivity contribution in [1.29, 1.82) is 0 Å². The highest BCUT2D eigenvalue weighted by atomic mass is 35.5. The Labute approximate surface area is 168 Å². The highest BCUT2D eigenvalue weighted by Crippen LogP contribution is 2.20. The number of nitrogens with zero attached hydrogens (tertiary/aromatic N) is 2. The Bertz CT molecular complexity index is 1250. The average molecular weight is 421 g/mol. The SMILES string of the molecule is Cc1nc2c(CCCCNS(=O)(=O)c3ccccc3)ccc3[nH]c(=O)c1n32.Cl. The van der Waals surface area contributed by atoms with Crippen LogP contribution in [0.15, 0.2) is 52.2 Å². The molecular weight excluding hydrogens is 400 g/mol. The smallest absolute Gasteiger partial charge is 0.275 e. The van der Waals surface area contributed by atoms with Gasteiger partial charge >= 0.3 is 0 Å². The van der Waals surface area contributed by atoms with E-state index in [1.54, 1.807) is 30.3 Å². The van der Waals surface area contributed by atoms with Crippen LogP contribution in [0.3, 0.4) is 0 Å². The molecule has 0 amide bonds. The molecule has 0 fully saturated rings. The van der Waals surface area contributed by atoms with Gasteiger partial charge in [0.05, 0.1) is 10.6 Å². The van der Waals surface area contributed by atoms with E-state index in [9.17, 15) is 13.2 Å². The van der Waals surface area contributed by atoms with Crippen molar-refractivity contribution in [3.8, 4) is 0 Å². The molecule has 0 spiro atoms. The number of hydrogen-bond donors (Lipinski definition) is 2. The van der Waals surface area contributed by atoms with Crippen LogP contribution >= 0.6 is 12.4 Å². The summed E-state index contributed by atoms with van der Waals surface area (Å²) >= 11 is 0. The topological polar surface area (TPSA) is 96.3 Å². The number of rotatable bonds is 7. The molecular formula is C19H21ClN4O3S. The first-order chi connectivity index (χ1) is 13.0. The van der Waals surface area contributed by atoms with Gasteiger partial charge in [0.1, 0.15) is 16.8 Å². The zero-order valence-electron chi connectivity index (χ0n) is 15.3. The van der Waals surface area contributed by atoms with Crippen LogP contribution in [-0.2, 0) is 16.4 Å². The molecule has 2 N–H and O–H groups in total. The number of aryl methyl sites for hydroxylation is 2. The molecule has 148 valence electrons. The van der Waals surface area contributed by atoms with E-state index in [1.807, 2.05) is 23.5 Å². The first-order valence-electron chi connectivity index (χ1n) is 8.84. The van der Waals surface area contributed by atoms with E-state index in [2.05, 4.69) is 14.7 Å². The third kappa shape index (κ3) is 3.63. The highest BCUT2D eigenvalue weighted by Gasteiger charge is 2.16. The Morgan fingerprint density at radius 3 is 2.61 bits per heavy atom. The lowest BCUT2D eigenvalue weighted by Crippen LogP contribution is -2.24. The van der Waals surface area contributed by atoms with Crippen LogP contribution in [0.2, 0.25) is 0 Å². The van der Waals surface area contributed by atoms with Gasteiger partial charge in [-0.1, -0.05) is 24.3 Å². The lowest BCUT2D eigenvalue weighted by molar-refractivity contribution is 0.576. The molecule has 0 aliphatic rings. The van der Waals surface area contributed by atoms with E-state index in [1.165, 1.54) is 0 Å². The van der Waals surface area contributed by atoms with Crippen LogP contribution in [0.1, 0.15) is 24.1 Å². The Balaban J connectivity index is 0.00000225. The van der Waals surface area contributed by atoms with Crippen LogP contribution < -0.4 is 10.3 Å². The quantitative estimate of drug-likeness (QED) is 0.449. The second kappa shape index (κ2) is 7.90. The number of hydrogen-bond acceptors (Lipinski definition) is 4. The molecule has 9 heteroatoms. The predicted molar refractivity (Wildman–Crippen MR) is 111 cm³/mol. The van der Waals surface area contributed by atoms with Gasteiger partial charge in [0.15, 0.2) is 0 Å². The number of sulfonamides is 1. The van der Waals surface area contributed by atoms with E-state index in [-0.39, 0.29) is 22.9 Å². The molecule has 3 aromatic heterocycles. The maximum atomic E-state index is 12.2. The van der Waals surface area contributed by atoms with Crippen LogP contribution in [0, 0.1) is 6.92 Å². The third-order valence-electron chi connectivity index (χ3n) is 4.70. The minimum Gasteiger partial charge on any atom is -0.306 e. The van der Waals surface area contributed by atoms with Gasteiger partial charge in [-0.3, -0.25) is 9.20 Å². The van der Waals surface area contributed by atoms with E-state index in [0.717, 1.165) is 29.7 Å². The van der Waals surface area contributed by atoms with Gasteiger partial charge in [-0.25, -0.2) is 18.1 Å². The fourth-order valence-corrected chi connectivity index (χ4v) is 4.47. The summed E-state index contributed by atoms with van der Waals surface area (Å²) in [7, 11) is -3.46. The molecule has 1 aromatic carbocycles. The molecule has 3 heterocycles. The van der Waals surface area contributed by atoms with Crippen LogP contribution in [0.25, 0.3) is 16.8 Å². The fourth-order valence-electron chi connectivity index (χ4n) is 3.37. The number of unbranched alkanes of at least 4 members (excludes halogenated alkanes) is 1. The summed E-state index contributed by atoms with van der Waals surface area (Å²) in [6, 6.07) is 12.2. The van der Waals surface area contributed by atoms with Crippen LogP contribution in [-0.4, -0.2) is 29.3 Å². The largest absolute Gasteiger partial charge is 0.306 e. The third-order valence-corrected chi connectivity index (χ3v) is 6.17. The van der Waals surface area contributed by atoms with E-state index in [0.29, 0.717) is 24.2 Å². The zero-order chi connectivity index (χ0) is 19.0. The molecule has 0 saturated heterocycles. The van der Waals surface area contributed by atoms with Crippen molar-refractivity contribution in [3.05, 3.63) is 64.1 Å². The molecule has 4 aromatic rings. The number of imidazole rings is 2. The predicted octanol–water partition coefficient (Wildman–Crippen LogP) is 2.65. The number of aromatic amines is 1. The van der Waals surface area contributed by atoms with E-state index in [4.69, 9.17) is 0 Å². The number of H-pyrrole nitrogens is 1. The molecule has 0 radical (unpaired) electrons. The average Bonchev–Trinajstić information content (AvgIpc) is 3.18. The van der Waals surface area contributed by atoms with Crippen molar-refractivity contribution in [1.82, 2.24) is 19.1 Å². The standard InChI is InChI=1S/C19H20N4O3S.ClH/c1-13-17-19(24)22-16-11-10-14(18(21-13)23(16)17)7-5-6-12-20-27(25,26)15-8-3-2-4-9-15;/h2-4,8-11,20H,5-7,12H2,1H3,(H,22,24);1H. The lowest BCUT2D eigenvalue weighted by Gasteiger charge is -2.07. The normalized spacial score (nSPS) is 11.9. The monoisotopic (exact) mass is 420 g/mol. The van der Waals surface area contributed by atoms with Crippen molar-refractivity contribution in [2.45, 2.75) is 31.1 Å². The second-order valence-electron chi connectivity index (χ2n) is 6.57. The summed E-state index contributed by atoms with van der Waals surface area (Å²) in [6.45, 7) is 2.21. The van der Waals surface area contributed by atoms with Crippen molar-refractivity contribution in [2.75, 3.05) is 6.54 Å². The summed E-state index contributed by atoms with van der Waals surface area (Å²) in [4.78, 5) is 19.7. The van der Waals surface area contributed by atoms with Crippen molar-refractivity contribution < 1.29 is 8.42 Å². The fraction of sp³-hybridized carbons (Fsp3) is 0.263. The minimum atomic E-state index is -3.46. The first kappa shape index (κ1) is 20.3. The van der Waals surface area contributed by atoms with Gasteiger partial charge in [-0.05, 0) is 49.9 Å². The summed E-state index contributed by atoms with van der Waals surface area (Å²) in [5, 5.41) is 0. The zero-order valence-corrected chi connectivity index (χ0v) is 16.9. The first-order valence-corrected chi connectivity index (χ1v) is 10.3. The summed E-state index contributed by atoms with van der Waals surface area (Å²) in [5.41, 5.74) is 3.78. The molecule has 0 unspecified atom stereocenters. The number of nitrogens with one attached hydrogen (secondary N) is 2. The Morgan fingerprint density at radius 1 is 1.11 bits per heavy atom. The summed E-state index contributed by atoms with van der Waals surface area (Å²) in [6.07, 6.45) is 2.29. The maximum Gasteiger partial charge on any atom is 0.275 e. The van der Waals surface area contributed by atoms with Crippen LogP contribution in [0.5, 0.6) is 0 Å². The Kier molecular flexibility index (Phi) is 5.74. The molecule has 0 aliphatic carbocycles. The molecule has 0 atom stereocenters. The van der Waals surface area contributed by atoms with Crippen molar-refractivity contribution in [2.24, 2.45) is 0 Å². The maximum absolute atomic E-state index is 12.2. The molecule has 7 nitrogen and oxygen atoms in total. The summed E-state index contributed by atoms with van der Waals surface area (Å²) in [5.74, 6) is 0. The van der Waals surface area contributed by atoms with Gasteiger partial charge in [0, 0.05) is 6.54 Å². The summed E-state index contributed by atoms with van der Waals surface area (Å²) < 4.78 is 28.9.